The van der Waals surface area contributed by atoms with E-state index in [0.717, 1.165) is 6.07 Å². The molecule has 2 rings (SSSR count). The molecule has 0 saturated carbocycles. The van der Waals surface area contributed by atoms with Gasteiger partial charge in [-0.05, 0) is 36.4 Å². The first-order valence-electron chi connectivity index (χ1n) is 5.70. The summed E-state index contributed by atoms with van der Waals surface area (Å²) in [7, 11) is 1.49. The summed E-state index contributed by atoms with van der Waals surface area (Å²) in [5.41, 5.74) is 6.53. The minimum Gasteiger partial charge on any atom is -0.497 e. The first-order valence-corrected chi connectivity index (χ1v) is 6.08. The topological polar surface area (TPSA) is 64.3 Å². The van der Waals surface area contributed by atoms with Crippen LogP contribution in [0.15, 0.2) is 36.4 Å². The fourth-order valence-electron chi connectivity index (χ4n) is 1.68. The number of carbonyl (C=O) groups is 1. The lowest BCUT2D eigenvalue weighted by Gasteiger charge is -2.09. The number of hydrogen-bond acceptors (Lipinski definition) is 3. The number of benzene rings is 2. The van der Waals surface area contributed by atoms with Crippen LogP contribution in [0.4, 0.5) is 15.8 Å². The second-order valence-corrected chi connectivity index (χ2v) is 4.50. The van der Waals surface area contributed by atoms with Gasteiger partial charge in [-0.3, -0.25) is 4.79 Å². The molecule has 0 atom stereocenters. The molecular weight excluding hydrogens is 283 g/mol. The summed E-state index contributed by atoms with van der Waals surface area (Å²) in [4.78, 5) is 12.1. The Kier molecular flexibility index (Phi) is 4.10. The van der Waals surface area contributed by atoms with Gasteiger partial charge >= 0.3 is 0 Å². The van der Waals surface area contributed by atoms with Crippen LogP contribution in [0.1, 0.15) is 10.4 Å². The van der Waals surface area contributed by atoms with E-state index in [9.17, 15) is 9.18 Å². The van der Waals surface area contributed by atoms with Gasteiger partial charge in [0.25, 0.3) is 5.91 Å². The monoisotopic (exact) mass is 294 g/mol. The number of nitrogens with two attached hydrogens (primary N) is 1. The van der Waals surface area contributed by atoms with Gasteiger partial charge in [0.2, 0.25) is 0 Å². The predicted octanol–water partition coefficient (Wildman–Crippen LogP) is 3.32. The van der Waals surface area contributed by atoms with Crippen LogP contribution < -0.4 is 15.8 Å². The largest absolute Gasteiger partial charge is 0.497 e. The zero-order valence-electron chi connectivity index (χ0n) is 10.6. The van der Waals surface area contributed by atoms with Gasteiger partial charge in [-0.1, -0.05) is 11.6 Å². The van der Waals surface area contributed by atoms with Crippen molar-refractivity contribution in [2.45, 2.75) is 0 Å². The van der Waals surface area contributed by atoms with E-state index in [4.69, 9.17) is 22.1 Å². The number of hydrogen-bond donors (Lipinski definition) is 2. The van der Waals surface area contributed by atoms with Crippen LogP contribution in [0.5, 0.6) is 5.75 Å². The van der Waals surface area contributed by atoms with E-state index in [-0.39, 0.29) is 16.3 Å². The quantitative estimate of drug-likeness (QED) is 0.854. The zero-order chi connectivity index (χ0) is 14.7. The van der Waals surface area contributed by atoms with Crippen molar-refractivity contribution >= 4 is 28.9 Å². The Hall–Kier alpha value is -2.27. The highest BCUT2D eigenvalue weighted by Gasteiger charge is 2.12. The van der Waals surface area contributed by atoms with Gasteiger partial charge in [0.1, 0.15) is 11.6 Å². The van der Waals surface area contributed by atoms with Crippen molar-refractivity contribution in [1.82, 2.24) is 0 Å². The fourth-order valence-corrected chi connectivity index (χ4v) is 1.91. The van der Waals surface area contributed by atoms with Crippen LogP contribution in [-0.4, -0.2) is 13.0 Å². The third-order valence-corrected chi connectivity index (χ3v) is 2.84. The number of halogens is 2. The van der Waals surface area contributed by atoms with Crippen molar-refractivity contribution in [3.05, 3.63) is 52.8 Å². The molecule has 0 spiro atoms. The molecule has 0 aliphatic heterocycles. The maximum absolute atomic E-state index is 13.2. The lowest BCUT2D eigenvalue weighted by molar-refractivity contribution is 0.102. The number of carbonyl (C=O) groups excluding carboxylic acids is 1. The summed E-state index contributed by atoms with van der Waals surface area (Å²) in [6.07, 6.45) is 0. The van der Waals surface area contributed by atoms with Crippen LogP contribution in [0.3, 0.4) is 0 Å². The number of anilines is 2. The molecule has 3 N–H and O–H groups in total. The molecule has 0 fully saturated rings. The van der Waals surface area contributed by atoms with E-state index in [1.807, 2.05) is 0 Å². The average molecular weight is 295 g/mol. The van der Waals surface area contributed by atoms with Gasteiger partial charge in [0, 0.05) is 16.4 Å². The molecule has 20 heavy (non-hydrogen) atoms. The Morgan fingerprint density at radius 1 is 1.30 bits per heavy atom. The van der Waals surface area contributed by atoms with E-state index in [2.05, 4.69) is 5.32 Å². The maximum Gasteiger partial charge on any atom is 0.257 e. The number of rotatable bonds is 3. The summed E-state index contributed by atoms with van der Waals surface area (Å²) < 4.78 is 18.2. The van der Waals surface area contributed by atoms with Gasteiger partial charge in [-0.2, -0.15) is 0 Å². The number of nitrogens with one attached hydrogen (secondary N) is 1. The molecular formula is C14H12ClFN2O2. The van der Waals surface area contributed by atoms with E-state index in [1.54, 1.807) is 12.1 Å². The molecule has 0 saturated heterocycles. The third kappa shape index (κ3) is 3.19. The first-order chi connectivity index (χ1) is 9.49. The molecule has 0 aliphatic rings. The molecule has 0 unspecified atom stereocenters. The number of amides is 1. The summed E-state index contributed by atoms with van der Waals surface area (Å²) in [6.45, 7) is 0. The summed E-state index contributed by atoms with van der Waals surface area (Å²) >= 11 is 5.72. The smallest absolute Gasteiger partial charge is 0.257 e. The molecule has 2 aromatic carbocycles. The molecule has 4 nitrogen and oxygen atoms in total. The summed E-state index contributed by atoms with van der Waals surface area (Å²) in [5.74, 6) is -0.504. The minimum atomic E-state index is -0.536. The van der Waals surface area contributed by atoms with Crippen LogP contribution in [0, 0.1) is 5.82 Å². The molecule has 0 aliphatic carbocycles. The molecule has 0 heterocycles. The standard InChI is InChI=1S/C14H12ClFN2O2/c1-20-11-2-3-13(17)12(7-11)14(19)18-10-5-8(15)4-9(16)6-10/h2-7H,17H2,1H3,(H,18,19). The normalized spacial score (nSPS) is 10.2. The number of ether oxygens (including phenoxy) is 1. The van der Waals surface area contributed by atoms with Gasteiger partial charge in [-0.25, -0.2) is 4.39 Å². The van der Waals surface area contributed by atoms with Crippen LogP contribution >= 0.6 is 11.6 Å². The van der Waals surface area contributed by atoms with Crippen molar-refractivity contribution in [1.29, 1.82) is 0 Å². The Labute approximate surface area is 120 Å². The second-order valence-electron chi connectivity index (χ2n) is 4.07. The Morgan fingerprint density at radius 3 is 2.70 bits per heavy atom. The predicted molar refractivity (Wildman–Crippen MR) is 76.8 cm³/mol. The molecule has 2 aromatic rings. The van der Waals surface area contributed by atoms with Gasteiger partial charge in [0.15, 0.2) is 0 Å². The highest BCUT2D eigenvalue weighted by atomic mass is 35.5. The van der Waals surface area contributed by atoms with E-state index in [0.29, 0.717) is 11.4 Å². The van der Waals surface area contributed by atoms with E-state index in [1.165, 1.54) is 25.3 Å². The average Bonchev–Trinajstić information content (AvgIpc) is 2.37. The highest BCUT2D eigenvalue weighted by molar-refractivity contribution is 6.31. The molecule has 0 radical (unpaired) electrons. The van der Waals surface area contributed by atoms with Crippen molar-refractivity contribution in [2.75, 3.05) is 18.2 Å². The van der Waals surface area contributed by atoms with Crippen molar-refractivity contribution in [3.63, 3.8) is 0 Å². The third-order valence-electron chi connectivity index (χ3n) is 2.63. The van der Waals surface area contributed by atoms with E-state index >= 15 is 0 Å². The van der Waals surface area contributed by atoms with E-state index < -0.39 is 11.7 Å². The number of methoxy groups -OCH3 is 1. The second kappa shape index (κ2) is 5.79. The molecule has 1 amide bonds. The van der Waals surface area contributed by atoms with Crippen LogP contribution in [-0.2, 0) is 0 Å². The zero-order valence-corrected chi connectivity index (χ0v) is 11.4. The number of nitrogen functional groups attached to an aromatic ring is 1. The molecule has 0 aromatic heterocycles. The first kappa shape index (κ1) is 14.1. The molecule has 104 valence electrons. The Bertz CT molecular complexity index is 641. The summed E-state index contributed by atoms with van der Waals surface area (Å²) in [5, 5.41) is 2.73. The van der Waals surface area contributed by atoms with Crippen LogP contribution in [0.25, 0.3) is 0 Å². The van der Waals surface area contributed by atoms with Gasteiger partial charge < -0.3 is 15.8 Å². The lowest BCUT2D eigenvalue weighted by Crippen LogP contribution is -2.14. The van der Waals surface area contributed by atoms with Gasteiger partial charge in [-0.15, -0.1) is 0 Å². The van der Waals surface area contributed by atoms with Crippen LogP contribution in [0.2, 0.25) is 5.02 Å². The molecule has 6 heteroatoms. The SMILES string of the molecule is COc1ccc(N)c(C(=O)Nc2cc(F)cc(Cl)c2)c1. The molecule has 0 bridgehead atoms. The lowest BCUT2D eigenvalue weighted by atomic mass is 10.1. The fraction of sp³-hybridized carbons (Fsp3) is 0.0714. The Balaban J connectivity index is 2.27. The highest BCUT2D eigenvalue weighted by Crippen LogP contribution is 2.22. The maximum atomic E-state index is 13.2. The van der Waals surface area contributed by atoms with Gasteiger partial charge in [0.05, 0.1) is 12.7 Å². The Morgan fingerprint density at radius 2 is 2.05 bits per heavy atom. The van der Waals surface area contributed by atoms with Crippen molar-refractivity contribution in [2.24, 2.45) is 0 Å². The van der Waals surface area contributed by atoms with Crippen molar-refractivity contribution < 1.29 is 13.9 Å². The van der Waals surface area contributed by atoms with Crippen molar-refractivity contribution in [3.8, 4) is 5.75 Å². The summed E-state index contributed by atoms with van der Waals surface area (Å²) in [6, 6.07) is 8.47. The minimum absolute atomic E-state index is 0.193.